The zero-order valence-electron chi connectivity index (χ0n) is 13.4. The number of hydroxylamine groups is 1. The number of amides is 1. The third-order valence-electron chi connectivity index (χ3n) is 3.65. The first-order chi connectivity index (χ1) is 12.2. The first-order valence-electron chi connectivity index (χ1n) is 7.88. The zero-order valence-corrected chi connectivity index (χ0v) is 15.8. The number of nitrogens with zero attached hydrogens (tertiary/aromatic N) is 1. The minimum absolute atomic E-state index is 0.289. The Kier molecular flexibility index (Phi) is 6.01. The van der Waals surface area contributed by atoms with Gasteiger partial charge in [-0.2, -0.15) is 0 Å². The number of hydrogen-bond donors (Lipinski definition) is 2. The van der Waals surface area contributed by atoms with Gasteiger partial charge in [-0.25, -0.2) is 10.5 Å². The van der Waals surface area contributed by atoms with E-state index < -0.39 is 0 Å². The van der Waals surface area contributed by atoms with Crippen molar-refractivity contribution >= 4 is 43.4 Å². The Balaban J connectivity index is 1.61. The SMILES string of the molecule is O=C(CCCCOc1ccc(-c2nc3ccccc3s2)cc1Br)NO. The number of aromatic nitrogens is 1. The summed E-state index contributed by atoms with van der Waals surface area (Å²) in [6.07, 6.45) is 1.69. The van der Waals surface area contributed by atoms with Crippen LogP contribution in [0.4, 0.5) is 0 Å². The number of halogens is 1. The molecule has 0 bridgehead atoms. The Bertz CT molecular complexity index is 849. The summed E-state index contributed by atoms with van der Waals surface area (Å²) < 4.78 is 7.78. The molecule has 0 atom stereocenters. The number of benzene rings is 2. The van der Waals surface area contributed by atoms with Crippen molar-refractivity contribution in [1.82, 2.24) is 10.5 Å². The van der Waals surface area contributed by atoms with Gasteiger partial charge in [0.05, 0.1) is 21.3 Å². The van der Waals surface area contributed by atoms with Crippen LogP contribution in [0.2, 0.25) is 0 Å². The van der Waals surface area contributed by atoms with Gasteiger partial charge in [0.2, 0.25) is 5.91 Å². The second-order valence-electron chi connectivity index (χ2n) is 5.47. The maximum Gasteiger partial charge on any atom is 0.243 e. The molecule has 0 spiro atoms. The number of para-hydroxylation sites is 1. The fourth-order valence-corrected chi connectivity index (χ4v) is 3.83. The molecule has 0 fully saturated rings. The van der Waals surface area contributed by atoms with Crippen molar-refractivity contribution in [2.75, 3.05) is 6.61 Å². The lowest BCUT2D eigenvalue weighted by molar-refractivity contribution is -0.129. The van der Waals surface area contributed by atoms with Crippen LogP contribution in [0.15, 0.2) is 46.9 Å². The summed E-state index contributed by atoms with van der Waals surface area (Å²) >= 11 is 5.21. The third-order valence-corrected chi connectivity index (χ3v) is 5.36. The summed E-state index contributed by atoms with van der Waals surface area (Å²) in [4.78, 5) is 15.6. The number of unbranched alkanes of at least 4 members (excludes halogenated alkanes) is 1. The smallest absolute Gasteiger partial charge is 0.243 e. The fraction of sp³-hybridized carbons (Fsp3) is 0.222. The number of carbonyl (C=O) groups excluding carboxylic acids is 1. The van der Waals surface area contributed by atoms with Gasteiger partial charge in [0.1, 0.15) is 10.8 Å². The van der Waals surface area contributed by atoms with Crippen molar-refractivity contribution in [1.29, 1.82) is 0 Å². The quantitative estimate of drug-likeness (QED) is 0.327. The van der Waals surface area contributed by atoms with Crippen molar-refractivity contribution in [2.24, 2.45) is 0 Å². The Morgan fingerprint density at radius 1 is 1.24 bits per heavy atom. The number of ether oxygens (including phenoxy) is 1. The molecular formula is C18H17BrN2O3S. The average Bonchev–Trinajstić information content (AvgIpc) is 3.06. The minimum Gasteiger partial charge on any atom is -0.492 e. The minimum atomic E-state index is -0.374. The van der Waals surface area contributed by atoms with Crippen LogP contribution >= 0.6 is 27.3 Å². The van der Waals surface area contributed by atoms with E-state index in [2.05, 4.69) is 27.0 Å². The van der Waals surface area contributed by atoms with Gasteiger partial charge in [-0.15, -0.1) is 11.3 Å². The van der Waals surface area contributed by atoms with E-state index >= 15 is 0 Å². The lowest BCUT2D eigenvalue weighted by Gasteiger charge is -2.09. The Morgan fingerprint density at radius 3 is 2.84 bits per heavy atom. The number of carbonyl (C=O) groups is 1. The van der Waals surface area contributed by atoms with Gasteiger partial charge >= 0.3 is 0 Å². The first kappa shape index (κ1) is 17.8. The summed E-state index contributed by atoms with van der Waals surface area (Å²) in [6.45, 7) is 0.512. The van der Waals surface area contributed by atoms with E-state index in [0.29, 0.717) is 13.0 Å². The van der Waals surface area contributed by atoms with Gasteiger partial charge in [-0.3, -0.25) is 10.0 Å². The number of fused-ring (bicyclic) bond motifs is 1. The molecule has 130 valence electrons. The summed E-state index contributed by atoms with van der Waals surface area (Å²) in [5.74, 6) is 0.387. The molecule has 0 aliphatic heterocycles. The Hall–Kier alpha value is -1.96. The normalized spacial score (nSPS) is 10.8. The highest BCUT2D eigenvalue weighted by atomic mass is 79.9. The number of hydrogen-bond acceptors (Lipinski definition) is 5. The van der Waals surface area contributed by atoms with Crippen LogP contribution < -0.4 is 10.2 Å². The van der Waals surface area contributed by atoms with Crippen LogP contribution in [0, 0.1) is 0 Å². The molecule has 3 rings (SSSR count). The highest BCUT2D eigenvalue weighted by molar-refractivity contribution is 9.10. The van der Waals surface area contributed by atoms with Gasteiger partial charge in [0, 0.05) is 12.0 Å². The van der Waals surface area contributed by atoms with Crippen LogP contribution in [-0.2, 0) is 4.79 Å². The molecule has 2 N–H and O–H groups in total. The fourth-order valence-electron chi connectivity index (χ4n) is 2.37. The number of nitrogens with one attached hydrogen (secondary N) is 1. The third kappa shape index (κ3) is 4.56. The molecule has 2 aromatic carbocycles. The van der Waals surface area contributed by atoms with E-state index in [-0.39, 0.29) is 12.3 Å². The standard InChI is InChI=1S/C18H17BrN2O3S/c19-13-11-12(18-20-14-5-1-2-6-16(14)25-18)8-9-15(13)24-10-4-3-7-17(22)21-23/h1-2,5-6,8-9,11,23H,3-4,7,10H2,(H,21,22). The van der Waals surface area contributed by atoms with E-state index in [1.54, 1.807) is 16.8 Å². The average molecular weight is 421 g/mol. The van der Waals surface area contributed by atoms with Gasteiger partial charge in [-0.05, 0) is 59.1 Å². The monoisotopic (exact) mass is 420 g/mol. The lowest BCUT2D eigenvalue weighted by atomic mass is 10.2. The molecule has 0 saturated heterocycles. The first-order valence-corrected chi connectivity index (χ1v) is 9.49. The molecule has 0 radical (unpaired) electrons. The molecule has 1 amide bonds. The summed E-state index contributed by atoms with van der Waals surface area (Å²) in [5, 5.41) is 9.41. The summed E-state index contributed by atoms with van der Waals surface area (Å²) in [7, 11) is 0. The van der Waals surface area contributed by atoms with E-state index in [1.807, 2.05) is 36.4 Å². The highest BCUT2D eigenvalue weighted by Gasteiger charge is 2.09. The molecule has 0 aliphatic rings. The molecule has 5 nitrogen and oxygen atoms in total. The second-order valence-corrected chi connectivity index (χ2v) is 7.36. The molecule has 0 aliphatic carbocycles. The van der Waals surface area contributed by atoms with Gasteiger partial charge in [0.15, 0.2) is 0 Å². The van der Waals surface area contributed by atoms with Gasteiger partial charge < -0.3 is 4.74 Å². The number of rotatable bonds is 7. The predicted octanol–water partition coefficient (Wildman–Crippen LogP) is 4.78. The molecule has 1 heterocycles. The predicted molar refractivity (Wildman–Crippen MR) is 102 cm³/mol. The number of thiazole rings is 1. The van der Waals surface area contributed by atoms with Crippen LogP contribution in [0.1, 0.15) is 19.3 Å². The van der Waals surface area contributed by atoms with E-state index in [1.165, 1.54) is 4.70 Å². The maximum atomic E-state index is 10.9. The van der Waals surface area contributed by atoms with Crippen molar-refractivity contribution < 1.29 is 14.7 Å². The Morgan fingerprint density at radius 2 is 2.08 bits per heavy atom. The Labute approximate surface area is 157 Å². The molecule has 25 heavy (non-hydrogen) atoms. The maximum absolute atomic E-state index is 10.9. The van der Waals surface area contributed by atoms with Crippen molar-refractivity contribution in [3.8, 4) is 16.3 Å². The topological polar surface area (TPSA) is 71.5 Å². The van der Waals surface area contributed by atoms with Crippen LogP contribution in [0.3, 0.4) is 0 Å². The van der Waals surface area contributed by atoms with Gasteiger partial charge in [-0.1, -0.05) is 12.1 Å². The zero-order chi connectivity index (χ0) is 17.6. The largest absolute Gasteiger partial charge is 0.492 e. The van der Waals surface area contributed by atoms with Gasteiger partial charge in [0.25, 0.3) is 0 Å². The lowest BCUT2D eigenvalue weighted by Crippen LogP contribution is -2.18. The van der Waals surface area contributed by atoms with Crippen molar-refractivity contribution in [2.45, 2.75) is 19.3 Å². The molecule has 0 saturated carbocycles. The summed E-state index contributed by atoms with van der Waals surface area (Å²) in [5.41, 5.74) is 3.67. The summed E-state index contributed by atoms with van der Waals surface area (Å²) in [6, 6.07) is 14.0. The van der Waals surface area contributed by atoms with Crippen LogP contribution in [0.5, 0.6) is 5.75 Å². The van der Waals surface area contributed by atoms with Crippen molar-refractivity contribution in [3.05, 3.63) is 46.9 Å². The molecule has 3 aromatic rings. The van der Waals surface area contributed by atoms with E-state index in [0.717, 1.165) is 32.7 Å². The van der Waals surface area contributed by atoms with Crippen molar-refractivity contribution in [3.63, 3.8) is 0 Å². The molecule has 1 aromatic heterocycles. The second kappa shape index (κ2) is 8.42. The van der Waals surface area contributed by atoms with Crippen LogP contribution in [0.25, 0.3) is 20.8 Å². The molecule has 0 unspecified atom stereocenters. The van der Waals surface area contributed by atoms with E-state index in [4.69, 9.17) is 9.94 Å². The van der Waals surface area contributed by atoms with E-state index in [9.17, 15) is 4.79 Å². The molecular weight excluding hydrogens is 404 g/mol. The van der Waals surface area contributed by atoms with Crippen LogP contribution in [-0.4, -0.2) is 22.7 Å². The highest BCUT2D eigenvalue weighted by Crippen LogP contribution is 2.34. The molecule has 7 heteroatoms.